The van der Waals surface area contributed by atoms with Crippen molar-refractivity contribution in [1.82, 2.24) is 0 Å². The third-order valence-corrected chi connectivity index (χ3v) is 5.98. The Morgan fingerprint density at radius 1 is 1.14 bits per heavy atom. The number of benzene rings is 2. The van der Waals surface area contributed by atoms with Crippen molar-refractivity contribution >= 4 is 17.4 Å². The van der Waals surface area contributed by atoms with E-state index in [0.29, 0.717) is 5.69 Å². The molecule has 0 saturated carbocycles. The number of rotatable bonds is 3. The molecule has 2 aromatic carbocycles. The standard InChI is InChI=1S/C25H31NO2/c1-15-9-8-10-19(23(27)28)22(15)26-16(2)20-13-17(24(3,4)5)14-21-18(20)11-12-25(21,6)7/h8-10,13-14H,11-12H2,1-7H3,(H,27,28)/b26-16+. The van der Waals surface area contributed by atoms with Crippen LogP contribution < -0.4 is 0 Å². The van der Waals surface area contributed by atoms with Crippen LogP contribution in [0.5, 0.6) is 0 Å². The van der Waals surface area contributed by atoms with Crippen LogP contribution in [-0.4, -0.2) is 16.8 Å². The summed E-state index contributed by atoms with van der Waals surface area (Å²) in [7, 11) is 0. The first-order valence-electron chi connectivity index (χ1n) is 9.98. The predicted octanol–water partition coefficient (Wildman–Crippen LogP) is 6.36. The average Bonchev–Trinajstić information content (AvgIpc) is 2.90. The zero-order valence-electron chi connectivity index (χ0n) is 18.1. The number of hydrogen-bond donors (Lipinski definition) is 1. The summed E-state index contributed by atoms with van der Waals surface area (Å²) >= 11 is 0. The largest absolute Gasteiger partial charge is 0.478 e. The summed E-state index contributed by atoms with van der Waals surface area (Å²) < 4.78 is 0. The second-order valence-electron chi connectivity index (χ2n) is 9.66. The summed E-state index contributed by atoms with van der Waals surface area (Å²) in [6.07, 6.45) is 2.16. The minimum atomic E-state index is -0.940. The van der Waals surface area contributed by atoms with Crippen LogP contribution >= 0.6 is 0 Å². The van der Waals surface area contributed by atoms with Gasteiger partial charge in [0.25, 0.3) is 0 Å². The van der Waals surface area contributed by atoms with Crippen LogP contribution in [0.1, 0.15) is 86.1 Å². The van der Waals surface area contributed by atoms with Gasteiger partial charge in [-0.25, -0.2) is 4.79 Å². The maximum absolute atomic E-state index is 11.7. The molecule has 2 aromatic rings. The van der Waals surface area contributed by atoms with Gasteiger partial charge in [-0.3, -0.25) is 4.99 Å². The molecule has 148 valence electrons. The third kappa shape index (κ3) is 3.63. The van der Waals surface area contributed by atoms with Crippen molar-refractivity contribution in [2.75, 3.05) is 0 Å². The molecule has 0 aliphatic heterocycles. The summed E-state index contributed by atoms with van der Waals surface area (Å²) in [4.78, 5) is 16.5. The number of fused-ring (bicyclic) bond motifs is 1. The number of aliphatic imine (C=N–C) groups is 1. The molecule has 3 heteroatoms. The van der Waals surface area contributed by atoms with E-state index in [2.05, 4.69) is 46.8 Å². The molecule has 0 fully saturated rings. The smallest absolute Gasteiger partial charge is 0.337 e. The summed E-state index contributed by atoms with van der Waals surface area (Å²) in [5.74, 6) is -0.940. The molecular formula is C25H31NO2. The molecule has 0 heterocycles. The van der Waals surface area contributed by atoms with E-state index in [-0.39, 0.29) is 16.4 Å². The number of aromatic carboxylic acids is 1. The molecule has 3 rings (SSSR count). The van der Waals surface area contributed by atoms with E-state index in [1.54, 1.807) is 12.1 Å². The lowest BCUT2D eigenvalue weighted by Crippen LogP contribution is -2.18. The van der Waals surface area contributed by atoms with Crippen molar-refractivity contribution in [2.45, 2.75) is 72.1 Å². The summed E-state index contributed by atoms with van der Waals surface area (Å²) in [5, 5.41) is 9.58. The van der Waals surface area contributed by atoms with Crippen LogP contribution in [0.25, 0.3) is 0 Å². The third-order valence-electron chi connectivity index (χ3n) is 5.98. The first kappa shape index (κ1) is 20.3. The van der Waals surface area contributed by atoms with Crippen molar-refractivity contribution in [3.05, 3.63) is 63.7 Å². The highest BCUT2D eigenvalue weighted by Gasteiger charge is 2.33. The van der Waals surface area contributed by atoms with Crippen LogP contribution in [0, 0.1) is 6.92 Å². The maximum Gasteiger partial charge on any atom is 0.337 e. The zero-order valence-corrected chi connectivity index (χ0v) is 18.1. The van der Waals surface area contributed by atoms with Crippen molar-refractivity contribution in [3.63, 3.8) is 0 Å². The van der Waals surface area contributed by atoms with Crippen LogP contribution in [0.15, 0.2) is 35.3 Å². The van der Waals surface area contributed by atoms with E-state index < -0.39 is 5.97 Å². The SMILES string of the molecule is C/C(=N\c1c(C)cccc1C(=O)O)c1cc(C(C)(C)C)cc2c1CCC2(C)C. The highest BCUT2D eigenvalue weighted by molar-refractivity contribution is 6.04. The minimum absolute atomic E-state index is 0.0393. The molecule has 0 saturated heterocycles. The number of hydrogen-bond acceptors (Lipinski definition) is 2. The van der Waals surface area contributed by atoms with Gasteiger partial charge in [-0.1, -0.05) is 52.8 Å². The quantitative estimate of drug-likeness (QED) is 0.633. The number of para-hydroxylation sites is 1. The predicted molar refractivity (Wildman–Crippen MR) is 116 cm³/mol. The molecule has 0 amide bonds. The summed E-state index contributed by atoms with van der Waals surface area (Å²) in [5.41, 5.74) is 8.00. The second kappa shape index (κ2) is 6.88. The molecule has 0 spiro atoms. The van der Waals surface area contributed by atoms with E-state index in [1.807, 2.05) is 19.9 Å². The normalized spacial score (nSPS) is 16.2. The minimum Gasteiger partial charge on any atom is -0.478 e. The fourth-order valence-electron chi connectivity index (χ4n) is 4.08. The van der Waals surface area contributed by atoms with Crippen LogP contribution in [-0.2, 0) is 17.3 Å². The fourth-order valence-corrected chi connectivity index (χ4v) is 4.08. The number of nitrogens with zero attached hydrogens (tertiary/aromatic N) is 1. The first-order valence-corrected chi connectivity index (χ1v) is 9.98. The highest BCUT2D eigenvalue weighted by Crippen LogP contribution is 2.42. The van der Waals surface area contributed by atoms with Crippen molar-refractivity contribution < 1.29 is 9.90 Å². The van der Waals surface area contributed by atoms with Gasteiger partial charge in [0.05, 0.1) is 11.3 Å². The van der Waals surface area contributed by atoms with Gasteiger partial charge in [0.1, 0.15) is 0 Å². The van der Waals surface area contributed by atoms with Crippen LogP contribution in [0.4, 0.5) is 5.69 Å². The van der Waals surface area contributed by atoms with Crippen molar-refractivity contribution in [1.29, 1.82) is 0 Å². The lowest BCUT2D eigenvalue weighted by Gasteiger charge is -2.26. The number of aryl methyl sites for hydroxylation is 1. The Bertz CT molecular complexity index is 975. The lowest BCUT2D eigenvalue weighted by molar-refractivity contribution is 0.0697. The second-order valence-corrected chi connectivity index (χ2v) is 9.66. The van der Waals surface area contributed by atoms with Gasteiger partial charge in [-0.15, -0.1) is 0 Å². The Hall–Kier alpha value is -2.42. The molecule has 0 atom stereocenters. The first-order chi connectivity index (χ1) is 12.9. The summed E-state index contributed by atoms with van der Waals surface area (Å²) in [6.45, 7) is 15.2. The molecule has 28 heavy (non-hydrogen) atoms. The molecule has 0 unspecified atom stereocenters. The van der Waals surface area contributed by atoms with E-state index in [4.69, 9.17) is 4.99 Å². The van der Waals surface area contributed by atoms with E-state index >= 15 is 0 Å². The topological polar surface area (TPSA) is 49.7 Å². The molecule has 1 aliphatic carbocycles. The van der Waals surface area contributed by atoms with Crippen LogP contribution in [0.3, 0.4) is 0 Å². The Balaban J connectivity index is 2.24. The van der Waals surface area contributed by atoms with Gasteiger partial charge in [0.15, 0.2) is 0 Å². The highest BCUT2D eigenvalue weighted by atomic mass is 16.4. The Kier molecular flexibility index (Phi) is 4.99. The zero-order chi connectivity index (χ0) is 20.9. The van der Waals surface area contributed by atoms with Gasteiger partial charge in [-0.05, 0) is 77.5 Å². The molecule has 0 aromatic heterocycles. The lowest BCUT2D eigenvalue weighted by atomic mass is 9.79. The average molecular weight is 378 g/mol. The maximum atomic E-state index is 11.7. The van der Waals surface area contributed by atoms with Crippen LogP contribution in [0.2, 0.25) is 0 Å². The Morgan fingerprint density at radius 3 is 2.43 bits per heavy atom. The molecule has 1 N–H and O–H groups in total. The van der Waals surface area contributed by atoms with Gasteiger partial charge < -0.3 is 5.11 Å². The van der Waals surface area contributed by atoms with Crippen molar-refractivity contribution in [2.24, 2.45) is 4.99 Å². The molecule has 3 nitrogen and oxygen atoms in total. The van der Waals surface area contributed by atoms with Crippen molar-refractivity contribution in [3.8, 4) is 0 Å². The van der Waals surface area contributed by atoms with E-state index in [9.17, 15) is 9.90 Å². The number of carboxylic acid groups (broad SMARTS) is 1. The molecule has 0 radical (unpaired) electrons. The number of carbonyl (C=O) groups is 1. The van der Waals surface area contributed by atoms with Gasteiger partial charge in [-0.2, -0.15) is 0 Å². The molecule has 0 bridgehead atoms. The molecule has 1 aliphatic rings. The monoisotopic (exact) mass is 377 g/mol. The number of carboxylic acids is 1. The van der Waals surface area contributed by atoms with E-state index in [1.165, 1.54) is 16.7 Å². The van der Waals surface area contributed by atoms with E-state index in [0.717, 1.165) is 29.7 Å². The summed E-state index contributed by atoms with van der Waals surface area (Å²) in [6, 6.07) is 9.94. The van der Waals surface area contributed by atoms with Gasteiger partial charge in [0.2, 0.25) is 0 Å². The Morgan fingerprint density at radius 2 is 1.82 bits per heavy atom. The van der Waals surface area contributed by atoms with Gasteiger partial charge in [0, 0.05) is 5.71 Å². The van der Waals surface area contributed by atoms with Gasteiger partial charge >= 0.3 is 5.97 Å². The fraction of sp³-hybridized carbons (Fsp3) is 0.440. The Labute approximate surface area is 168 Å². The molecular weight excluding hydrogens is 346 g/mol.